The van der Waals surface area contributed by atoms with Gasteiger partial charge in [0.05, 0.1) is 6.54 Å². The van der Waals surface area contributed by atoms with E-state index in [0.717, 1.165) is 10.0 Å². The molecule has 146 valence electrons. The van der Waals surface area contributed by atoms with Gasteiger partial charge < -0.3 is 10.1 Å². The normalized spacial score (nSPS) is 11.1. The van der Waals surface area contributed by atoms with Crippen LogP contribution in [-0.2, 0) is 16.1 Å². The Morgan fingerprint density at radius 2 is 1.93 bits per heavy atom. The van der Waals surface area contributed by atoms with Gasteiger partial charge in [-0.3, -0.25) is 10.1 Å². The lowest BCUT2D eigenvalue weighted by Crippen LogP contribution is -2.33. The van der Waals surface area contributed by atoms with Crippen molar-refractivity contribution in [3.63, 3.8) is 0 Å². The lowest BCUT2D eigenvalue weighted by molar-refractivity contribution is -0.116. The second kappa shape index (κ2) is 9.50. The predicted octanol–water partition coefficient (Wildman–Crippen LogP) is 3.33. The second-order valence-electron chi connectivity index (χ2n) is 6.97. The molecular weight excluding hydrogens is 414 g/mol. The van der Waals surface area contributed by atoms with E-state index >= 15 is 0 Å². The van der Waals surface area contributed by atoms with Crippen LogP contribution in [-0.4, -0.2) is 38.9 Å². The number of carbonyl (C=O) groups excluding carboxylic acids is 2. The number of aromatic nitrogens is 3. The second-order valence-corrected chi connectivity index (χ2v) is 7.89. The minimum absolute atomic E-state index is 0.206. The van der Waals surface area contributed by atoms with Gasteiger partial charge in [-0.05, 0) is 44.9 Å². The van der Waals surface area contributed by atoms with Crippen molar-refractivity contribution in [3.05, 3.63) is 40.6 Å². The highest BCUT2D eigenvalue weighted by atomic mass is 79.9. The highest BCUT2D eigenvalue weighted by molar-refractivity contribution is 9.10. The maximum absolute atomic E-state index is 11.9. The number of carbonyl (C=O) groups is 2. The Labute approximate surface area is 166 Å². The van der Waals surface area contributed by atoms with Crippen molar-refractivity contribution in [2.45, 2.75) is 45.8 Å². The van der Waals surface area contributed by atoms with Gasteiger partial charge in [0.15, 0.2) is 0 Å². The van der Waals surface area contributed by atoms with E-state index in [-0.39, 0.29) is 18.3 Å². The molecule has 0 fully saturated rings. The van der Waals surface area contributed by atoms with Crippen molar-refractivity contribution >= 4 is 33.9 Å². The van der Waals surface area contributed by atoms with Gasteiger partial charge in [0, 0.05) is 17.4 Å². The molecule has 0 aliphatic heterocycles. The van der Waals surface area contributed by atoms with Gasteiger partial charge in [0.2, 0.25) is 11.9 Å². The number of nitrogens with zero attached hydrogens (tertiary/aromatic N) is 3. The zero-order chi connectivity index (χ0) is 19.9. The van der Waals surface area contributed by atoms with Crippen molar-refractivity contribution in [3.8, 4) is 0 Å². The topological polar surface area (TPSA) is 98.1 Å². The molecule has 0 radical (unpaired) electrons. The van der Waals surface area contributed by atoms with E-state index in [1.54, 1.807) is 31.8 Å². The highest BCUT2D eigenvalue weighted by Crippen LogP contribution is 2.11. The molecule has 1 aromatic heterocycles. The number of rotatable bonds is 7. The van der Waals surface area contributed by atoms with E-state index in [1.165, 1.54) is 0 Å². The van der Waals surface area contributed by atoms with Gasteiger partial charge in [-0.15, -0.1) is 5.10 Å². The summed E-state index contributed by atoms with van der Waals surface area (Å²) in [6.07, 6.45) is 1.82. The average Bonchev–Trinajstić information content (AvgIpc) is 2.99. The minimum Gasteiger partial charge on any atom is -0.444 e. The van der Waals surface area contributed by atoms with Crippen LogP contribution in [0.2, 0.25) is 0 Å². The maximum Gasteiger partial charge on any atom is 0.407 e. The molecule has 0 aliphatic rings. The molecule has 8 nitrogen and oxygen atoms in total. The molecule has 0 spiro atoms. The quantitative estimate of drug-likeness (QED) is 0.647. The third-order valence-electron chi connectivity index (χ3n) is 3.29. The van der Waals surface area contributed by atoms with Gasteiger partial charge >= 0.3 is 6.09 Å². The van der Waals surface area contributed by atoms with Crippen LogP contribution < -0.4 is 10.6 Å². The van der Waals surface area contributed by atoms with Crippen LogP contribution in [0.3, 0.4) is 0 Å². The Hall–Kier alpha value is -2.42. The van der Waals surface area contributed by atoms with Gasteiger partial charge in [0.1, 0.15) is 11.9 Å². The molecule has 2 amide bonds. The summed E-state index contributed by atoms with van der Waals surface area (Å²) < 4.78 is 7.79. The van der Waals surface area contributed by atoms with Crippen molar-refractivity contribution in [2.75, 3.05) is 11.9 Å². The van der Waals surface area contributed by atoms with E-state index in [2.05, 4.69) is 36.6 Å². The molecular formula is C18H24BrN5O3. The number of hydrogen-bond acceptors (Lipinski definition) is 5. The van der Waals surface area contributed by atoms with Crippen LogP contribution in [0.25, 0.3) is 0 Å². The van der Waals surface area contributed by atoms with E-state index in [9.17, 15) is 9.59 Å². The number of amides is 2. The molecule has 0 bridgehead atoms. The monoisotopic (exact) mass is 437 g/mol. The molecule has 0 atom stereocenters. The van der Waals surface area contributed by atoms with Crippen molar-refractivity contribution in [1.82, 2.24) is 20.1 Å². The third kappa shape index (κ3) is 8.21. The Morgan fingerprint density at radius 3 is 2.59 bits per heavy atom. The molecule has 27 heavy (non-hydrogen) atoms. The largest absolute Gasteiger partial charge is 0.444 e. The molecule has 0 aliphatic carbocycles. The van der Waals surface area contributed by atoms with Gasteiger partial charge in [0.25, 0.3) is 0 Å². The van der Waals surface area contributed by atoms with Crippen molar-refractivity contribution in [1.29, 1.82) is 0 Å². The van der Waals surface area contributed by atoms with Crippen LogP contribution >= 0.6 is 15.9 Å². The zero-order valence-corrected chi connectivity index (χ0v) is 17.2. The van der Waals surface area contributed by atoms with Crippen LogP contribution in [0.4, 0.5) is 10.7 Å². The first-order valence-corrected chi connectivity index (χ1v) is 9.41. The Morgan fingerprint density at radius 1 is 1.22 bits per heavy atom. The smallest absolute Gasteiger partial charge is 0.407 e. The van der Waals surface area contributed by atoms with E-state index in [4.69, 9.17) is 4.74 Å². The van der Waals surface area contributed by atoms with Crippen molar-refractivity contribution < 1.29 is 14.3 Å². The number of anilines is 1. The number of nitrogens with one attached hydrogen (secondary N) is 2. The molecule has 0 saturated heterocycles. The molecule has 2 N–H and O–H groups in total. The molecule has 2 rings (SSSR count). The number of benzene rings is 1. The first-order chi connectivity index (χ1) is 12.7. The Bertz CT molecular complexity index is 768. The SMILES string of the molecule is CC(C)(C)OC(=O)NCCCC(=O)Nc1ncn(Cc2ccc(Br)cc2)n1. The molecule has 0 saturated carbocycles. The maximum atomic E-state index is 11.9. The first-order valence-electron chi connectivity index (χ1n) is 8.62. The summed E-state index contributed by atoms with van der Waals surface area (Å²) in [4.78, 5) is 27.5. The number of ether oxygens (including phenoxy) is 1. The van der Waals surface area contributed by atoms with E-state index < -0.39 is 11.7 Å². The average molecular weight is 438 g/mol. The molecule has 2 aromatic rings. The molecule has 9 heteroatoms. The molecule has 1 heterocycles. The fourth-order valence-electron chi connectivity index (χ4n) is 2.15. The van der Waals surface area contributed by atoms with Gasteiger partial charge in [-0.1, -0.05) is 28.1 Å². The summed E-state index contributed by atoms with van der Waals surface area (Å²) in [6.45, 7) is 6.30. The lowest BCUT2D eigenvalue weighted by atomic mass is 10.2. The van der Waals surface area contributed by atoms with E-state index in [0.29, 0.717) is 19.5 Å². The number of halogens is 1. The fourth-order valence-corrected chi connectivity index (χ4v) is 2.41. The highest BCUT2D eigenvalue weighted by Gasteiger charge is 2.15. The lowest BCUT2D eigenvalue weighted by Gasteiger charge is -2.19. The van der Waals surface area contributed by atoms with Crippen LogP contribution in [0.1, 0.15) is 39.2 Å². The molecule has 1 aromatic carbocycles. The first kappa shape index (κ1) is 20.9. The minimum atomic E-state index is -0.539. The predicted molar refractivity (Wildman–Crippen MR) is 105 cm³/mol. The zero-order valence-electron chi connectivity index (χ0n) is 15.7. The van der Waals surface area contributed by atoms with Crippen LogP contribution in [0.5, 0.6) is 0 Å². The fraction of sp³-hybridized carbons (Fsp3) is 0.444. The summed E-state index contributed by atoms with van der Waals surface area (Å²) in [6, 6.07) is 7.89. The number of hydrogen-bond donors (Lipinski definition) is 2. The van der Waals surface area contributed by atoms with Crippen LogP contribution in [0, 0.1) is 0 Å². The number of alkyl carbamates (subject to hydrolysis) is 1. The summed E-state index contributed by atoms with van der Waals surface area (Å²) in [5.74, 6) is 0.0552. The standard InChI is InChI=1S/C18H24BrN5O3/c1-18(2,3)27-17(26)20-10-4-5-15(25)22-16-21-12-24(23-16)11-13-6-8-14(19)9-7-13/h6-9,12H,4-5,10-11H2,1-3H3,(H,20,26)(H,22,23,25). The van der Waals surface area contributed by atoms with Crippen molar-refractivity contribution in [2.24, 2.45) is 0 Å². The van der Waals surface area contributed by atoms with Crippen LogP contribution in [0.15, 0.2) is 35.1 Å². The Kier molecular flexibility index (Phi) is 7.35. The summed E-state index contributed by atoms with van der Waals surface area (Å²) in [5.41, 5.74) is 0.538. The van der Waals surface area contributed by atoms with E-state index in [1.807, 2.05) is 24.3 Å². The van der Waals surface area contributed by atoms with Gasteiger partial charge in [-0.25, -0.2) is 14.5 Å². The Balaban J connectivity index is 1.69. The summed E-state index contributed by atoms with van der Waals surface area (Å²) in [5, 5.41) is 9.50. The summed E-state index contributed by atoms with van der Waals surface area (Å²) in [7, 11) is 0. The third-order valence-corrected chi connectivity index (χ3v) is 3.82. The van der Waals surface area contributed by atoms with Gasteiger partial charge in [-0.2, -0.15) is 0 Å². The molecule has 0 unspecified atom stereocenters. The summed E-state index contributed by atoms with van der Waals surface area (Å²) >= 11 is 3.40.